The van der Waals surface area contributed by atoms with E-state index in [0.29, 0.717) is 12.1 Å². The summed E-state index contributed by atoms with van der Waals surface area (Å²) in [4.78, 5) is 2.48. The van der Waals surface area contributed by atoms with Crippen LogP contribution in [0.2, 0.25) is 0 Å². The molecule has 1 saturated heterocycles. The molecule has 2 unspecified atom stereocenters. The molecule has 3 heteroatoms. The van der Waals surface area contributed by atoms with Crippen LogP contribution in [0.15, 0.2) is 24.3 Å². The summed E-state index contributed by atoms with van der Waals surface area (Å²) in [6.07, 6.45) is 1.33. The van der Waals surface area contributed by atoms with Gasteiger partial charge in [0.25, 0.3) is 0 Å². The highest BCUT2D eigenvalue weighted by Crippen LogP contribution is 2.14. The summed E-state index contributed by atoms with van der Waals surface area (Å²) in [6.45, 7) is 11.6. The number of hydrogen-bond donors (Lipinski definition) is 1. The Bertz CT molecular complexity index is 390. The van der Waals surface area contributed by atoms with Crippen LogP contribution in [0.3, 0.4) is 0 Å². The van der Waals surface area contributed by atoms with Crippen LogP contribution in [0.4, 0.5) is 0 Å². The second-order valence-electron chi connectivity index (χ2n) is 5.66. The largest absolute Gasteiger partial charge is 0.374 e. The van der Waals surface area contributed by atoms with Crippen LogP contribution in [0, 0.1) is 6.92 Å². The molecule has 1 aliphatic rings. The highest BCUT2D eigenvalue weighted by Gasteiger charge is 2.27. The van der Waals surface area contributed by atoms with Crippen molar-refractivity contribution in [1.29, 1.82) is 0 Å². The van der Waals surface area contributed by atoms with Crippen LogP contribution < -0.4 is 5.32 Å². The van der Waals surface area contributed by atoms with Crippen LogP contribution >= 0.6 is 0 Å². The Morgan fingerprint density at radius 3 is 2.70 bits per heavy atom. The van der Waals surface area contributed by atoms with Crippen molar-refractivity contribution in [1.82, 2.24) is 10.2 Å². The van der Waals surface area contributed by atoms with Crippen molar-refractivity contribution in [2.45, 2.75) is 39.3 Å². The molecule has 1 heterocycles. The monoisotopic (exact) mass is 276 g/mol. The molecule has 1 aromatic carbocycles. The van der Waals surface area contributed by atoms with Gasteiger partial charge in [0.2, 0.25) is 0 Å². The Kier molecular flexibility index (Phi) is 6.02. The van der Waals surface area contributed by atoms with Crippen LogP contribution in [-0.2, 0) is 11.2 Å². The lowest BCUT2D eigenvalue weighted by Gasteiger charge is -2.37. The molecule has 3 nitrogen and oxygen atoms in total. The number of nitrogens with one attached hydrogen (secondary N) is 1. The van der Waals surface area contributed by atoms with E-state index in [2.05, 4.69) is 55.3 Å². The van der Waals surface area contributed by atoms with Gasteiger partial charge in [-0.05, 0) is 32.0 Å². The first-order chi connectivity index (χ1) is 9.72. The molecule has 20 heavy (non-hydrogen) atoms. The lowest BCUT2D eigenvalue weighted by molar-refractivity contribution is -0.0445. The van der Waals surface area contributed by atoms with Gasteiger partial charge in [-0.25, -0.2) is 0 Å². The molecular formula is C17H28N2O. The number of rotatable bonds is 6. The van der Waals surface area contributed by atoms with Gasteiger partial charge in [-0.1, -0.05) is 43.7 Å². The highest BCUT2D eigenvalue weighted by atomic mass is 16.5. The molecule has 0 spiro atoms. The zero-order chi connectivity index (χ0) is 14.4. The third-order valence-corrected chi connectivity index (χ3v) is 4.12. The Labute approximate surface area is 123 Å². The maximum Gasteiger partial charge on any atom is 0.0858 e. The predicted molar refractivity (Wildman–Crippen MR) is 84.2 cm³/mol. The van der Waals surface area contributed by atoms with Crippen molar-refractivity contribution >= 4 is 0 Å². The molecule has 0 amide bonds. The summed E-state index contributed by atoms with van der Waals surface area (Å²) < 4.78 is 6.02. The van der Waals surface area contributed by atoms with Gasteiger partial charge >= 0.3 is 0 Å². The minimum atomic E-state index is 0.296. The molecule has 0 aromatic heterocycles. The lowest BCUT2D eigenvalue weighted by atomic mass is 9.99. The molecule has 1 N–H and O–H groups in total. The Hall–Kier alpha value is -0.900. The third kappa shape index (κ3) is 4.30. The van der Waals surface area contributed by atoms with Gasteiger partial charge in [-0.3, -0.25) is 4.90 Å². The van der Waals surface area contributed by atoms with E-state index < -0.39 is 0 Å². The molecule has 0 saturated carbocycles. The number of aryl methyl sites for hydroxylation is 1. The SMILES string of the molecule is CCNC(Cc1ccc(C)cc1)C1CN(CC)CCO1. The summed E-state index contributed by atoms with van der Waals surface area (Å²) in [7, 11) is 0. The number of hydrogen-bond acceptors (Lipinski definition) is 3. The Morgan fingerprint density at radius 1 is 1.30 bits per heavy atom. The molecule has 2 atom stereocenters. The molecular weight excluding hydrogens is 248 g/mol. The highest BCUT2D eigenvalue weighted by molar-refractivity contribution is 5.22. The topological polar surface area (TPSA) is 24.5 Å². The summed E-state index contributed by atoms with van der Waals surface area (Å²) in [5.41, 5.74) is 2.71. The van der Waals surface area contributed by atoms with Crippen LogP contribution in [0.5, 0.6) is 0 Å². The second-order valence-corrected chi connectivity index (χ2v) is 5.66. The number of nitrogens with zero attached hydrogens (tertiary/aromatic N) is 1. The molecule has 0 bridgehead atoms. The fourth-order valence-electron chi connectivity index (χ4n) is 2.84. The van der Waals surface area contributed by atoms with E-state index in [1.54, 1.807) is 0 Å². The van der Waals surface area contributed by atoms with Crippen LogP contribution in [0.25, 0.3) is 0 Å². The van der Waals surface area contributed by atoms with Crippen molar-refractivity contribution < 1.29 is 4.74 Å². The number of likely N-dealkylation sites (N-methyl/N-ethyl adjacent to an activating group) is 2. The average molecular weight is 276 g/mol. The Balaban J connectivity index is 2.00. The van der Waals surface area contributed by atoms with Gasteiger partial charge in [0.05, 0.1) is 12.7 Å². The first-order valence-corrected chi connectivity index (χ1v) is 7.85. The normalized spacial score (nSPS) is 21.9. The zero-order valence-electron chi connectivity index (χ0n) is 13.1. The van der Waals surface area contributed by atoms with Gasteiger partial charge in [0.15, 0.2) is 0 Å². The van der Waals surface area contributed by atoms with E-state index in [1.165, 1.54) is 11.1 Å². The quantitative estimate of drug-likeness (QED) is 0.862. The number of ether oxygens (including phenoxy) is 1. The minimum absolute atomic E-state index is 0.296. The van der Waals surface area contributed by atoms with E-state index in [0.717, 1.165) is 39.2 Å². The van der Waals surface area contributed by atoms with E-state index >= 15 is 0 Å². The number of benzene rings is 1. The summed E-state index contributed by atoms with van der Waals surface area (Å²) in [5, 5.41) is 3.61. The maximum atomic E-state index is 6.02. The molecule has 0 radical (unpaired) electrons. The molecule has 112 valence electrons. The zero-order valence-corrected chi connectivity index (χ0v) is 13.1. The fraction of sp³-hybridized carbons (Fsp3) is 0.647. The van der Waals surface area contributed by atoms with Crippen molar-refractivity contribution in [2.24, 2.45) is 0 Å². The maximum absolute atomic E-state index is 6.02. The van der Waals surface area contributed by atoms with E-state index in [-0.39, 0.29) is 0 Å². The summed E-state index contributed by atoms with van der Waals surface area (Å²) in [6, 6.07) is 9.26. The smallest absolute Gasteiger partial charge is 0.0858 e. The van der Waals surface area contributed by atoms with E-state index in [9.17, 15) is 0 Å². The lowest BCUT2D eigenvalue weighted by Crippen LogP contribution is -2.53. The van der Waals surface area contributed by atoms with Gasteiger partial charge in [0.1, 0.15) is 0 Å². The number of morpholine rings is 1. The second kappa shape index (κ2) is 7.77. The van der Waals surface area contributed by atoms with Gasteiger partial charge in [-0.2, -0.15) is 0 Å². The van der Waals surface area contributed by atoms with Gasteiger partial charge in [0, 0.05) is 19.1 Å². The van der Waals surface area contributed by atoms with Crippen molar-refractivity contribution in [3.63, 3.8) is 0 Å². The molecule has 1 aliphatic heterocycles. The molecule has 1 aromatic rings. The molecule has 2 rings (SSSR count). The van der Waals surface area contributed by atoms with E-state index in [4.69, 9.17) is 4.74 Å². The van der Waals surface area contributed by atoms with Gasteiger partial charge < -0.3 is 10.1 Å². The molecule has 0 aliphatic carbocycles. The van der Waals surface area contributed by atoms with Crippen LogP contribution in [0.1, 0.15) is 25.0 Å². The van der Waals surface area contributed by atoms with E-state index in [1.807, 2.05) is 0 Å². The van der Waals surface area contributed by atoms with Crippen molar-refractivity contribution in [2.75, 3.05) is 32.8 Å². The van der Waals surface area contributed by atoms with Crippen LogP contribution in [-0.4, -0.2) is 49.8 Å². The van der Waals surface area contributed by atoms with Crippen molar-refractivity contribution in [3.05, 3.63) is 35.4 Å². The average Bonchev–Trinajstić information content (AvgIpc) is 2.49. The Morgan fingerprint density at radius 2 is 2.05 bits per heavy atom. The standard InChI is InChI=1S/C17H28N2O/c1-4-18-16(12-15-8-6-14(3)7-9-15)17-13-19(5-2)10-11-20-17/h6-9,16-18H,4-5,10-13H2,1-3H3. The molecule has 1 fully saturated rings. The fourth-order valence-corrected chi connectivity index (χ4v) is 2.84. The first-order valence-electron chi connectivity index (χ1n) is 7.85. The summed E-state index contributed by atoms with van der Waals surface area (Å²) >= 11 is 0. The van der Waals surface area contributed by atoms with Crippen molar-refractivity contribution in [3.8, 4) is 0 Å². The van der Waals surface area contributed by atoms with Gasteiger partial charge in [-0.15, -0.1) is 0 Å². The first kappa shape index (κ1) is 15.5. The predicted octanol–water partition coefficient (Wildman–Crippen LogP) is 2.24. The third-order valence-electron chi connectivity index (χ3n) is 4.12. The minimum Gasteiger partial charge on any atom is -0.374 e. The summed E-state index contributed by atoms with van der Waals surface area (Å²) in [5.74, 6) is 0.